The first-order chi connectivity index (χ1) is 14.2. The quantitative estimate of drug-likeness (QED) is 0.487. The highest BCUT2D eigenvalue weighted by molar-refractivity contribution is 6.04. The molecule has 6 heteroatoms. The van der Waals surface area contributed by atoms with Crippen molar-refractivity contribution in [1.29, 1.82) is 0 Å². The van der Waals surface area contributed by atoms with Crippen LogP contribution in [0.5, 0.6) is 0 Å². The molecule has 2 unspecified atom stereocenters. The molecule has 0 aliphatic carbocycles. The lowest BCUT2D eigenvalue weighted by Crippen LogP contribution is -2.54. The van der Waals surface area contributed by atoms with Gasteiger partial charge in [-0.1, -0.05) is 60.7 Å². The number of hydrogen-bond acceptors (Lipinski definition) is 4. The minimum Gasteiger partial charge on any atom is -0.388 e. The van der Waals surface area contributed by atoms with Crippen LogP contribution in [-0.4, -0.2) is 33.2 Å². The van der Waals surface area contributed by atoms with Crippen LogP contribution in [0.3, 0.4) is 0 Å². The van der Waals surface area contributed by atoms with E-state index in [-0.39, 0.29) is 0 Å². The van der Waals surface area contributed by atoms with E-state index in [2.05, 4.69) is 10.6 Å². The topological polar surface area (TPSA) is 98.7 Å². The predicted octanol–water partition coefficient (Wildman–Crippen LogP) is 3.27. The summed E-state index contributed by atoms with van der Waals surface area (Å²) in [5.41, 5.74) is -2.47. The molecule has 6 nitrogen and oxygen atoms in total. The number of benzene rings is 2. The molecule has 2 rings (SSSR count). The Bertz CT molecular complexity index is 808. The second-order valence-corrected chi connectivity index (χ2v) is 9.57. The second-order valence-electron chi connectivity index (χ2n) is 9.57. The predicted molar refractivity (Wildman–Crippen MR) is 121 cm³/mol. The highest BCUT2D eigenvalue weighted by Gasteiger charge is 2.42. The van der Waals surface area contributed by atoms with Crippen LogP contribution in [0.25, 0.3) is 0 Å². The van der Waals surface area contributed by atoms with E-state index in [0.29, 0.717) is 0 Å². The van der Waals surface area contributed by atoms with Gasteiger partial charge in [0, 0.05) is 0 Å². The van der Waals surface area contributed by atoms with Gasteiger partial charge in [0.05, 0.1) is 23.3 Å². The molecular weight excluding hydrogens is 392 g/mol. The number of rotatable bonds is 8. The molecule has 4 N–H and O–H groups in total. The molecular formula is C25H34N2O4. The molecule has 168 valence electrons. The van der Waals surface area contributed by atoms with Crippen molar-refractivity contribution >= 4 is 11.8 Å². The number of carbonyl (C=O) groups is 2. The number of hydrogen-bond donors (Lipinski definition) is 4. The monoisotopic (exact) mass is 426 g/mol. The van der Waals surface area contributed by atoms with Gasteiger partial charge in [0.1, 0.15) is 5.41 Å². The first kappa shape index (κ1) is 24.6. The van der Waals surface area contributed by atoms with E-state index in [1.807, 2.05) is 60.7 Å². The van der Waals surface area contributed by atoms with E-state index in [0.717, 1.165) is 11.1 Å². The third-order valence-corrected chi connectivity index (χ3v) is 5.36. The van der Waals surface area contributed by atoms with Gasteiger partial charge in [-0.3, -0.25) is 9.59 Å². The molecule has 0 bridgehead atoms. The first-order valence-corrected chi connectivity index (χ1v) is 10.4. The Morgan fingerprint density at radius 3 is 1.19 bits per heavy atom. The standard InChI is InChI=1S/C25H34N2O4/c1-23(2,21(28)26-19(24(3,4)30)17-13-9-7-10-14-17)22(29)27-20(25(5,6)31)18-15-11-8-12-16-18/h7-16,19-20,30-31H,1-6H3,(H,26,28)(H,27,29). The van der Waals surface area contributed by atoms with Crippen molar-refractivity contribution in [3.8, 4) is 0 Å². The van der Waals surface area contributed by atoms with Crippen LogP contribution in [0.2, 0.25) is 0 Å². The summed E-state index contributed by atoms with van der Waals surface area (Å²) < 4.78 is 0. The van der Waals surface area contributed by atoms with Gasteiger partial charge in [-0.15, -0.1) is 0 Å². The van der Waals surface area contributed by atoms with Gasteiger partial charge >= 0.3 is 0 Å². The Morgan fingerprint density at radius 1 is 0.645 bits per heavy atom. The number of carbonyl (C=O) groups excluding carboxylic acids is 2. The van der Waals surface area contributed by atoms with Crippen LogP contribution < -0.4 is 10.6 Å². The molecule has 0 saturated carbocycles. The second kappa shape index (κ2) is 9.20. The highest BCUT2D eigenvalue weighted by Crippen LogP contribution is 2.30. The van der Waals surface area contributed by atoms with E-state index >= 15 is 0 Å². The van der Waals surface area contributed by atoms with Gasteiger partial charge in [0.2, 0.25) is 11.8 Å². The lowest BCUT2D eigenvalue weighted by atomic mass is 9.85. The van der Waals surface area contributed by atoms with Crippen molar-refractivity contribution in [2.45, 2.75) is 64.8 Å². The van der Waals surface area contributed by atoms with Gasteiger partial charge in [-0.05, 0) is 52.7 Å². The molecule has 2 atom stereocenters. The number of nitrogens with one attached hydrogen (secondary N) is 2. The summed E-state index contributed by atoms with van der Waals surface area (Å²) in [6.07, 6.45) is 0. The van der Waals surface area contributed by atoms with Gasteiger partial charge in [-0.25, -0.2) is 0 Å². The largest absolute Gasteiger partial charge is 0.388 e. The van der Waals surface area contributed by atoms with E-state index in [1.165, 1.54) is 13.8 Å². The van der Waals surface area contributed by atoms with Gasteiger partial charge in [0.15, 0.2) is 0 Å². The van der Waals surface area contributed by atoms with Crippen molar-refractivity contribution in [3.05, 3.63) is 71.8 Å². The minimum absolute atomic E-state index is 0.525. The summed E-state index contributed by atoms with van der Waals surface area (Å²) in [5, 5.41) is 26.9. The van der Waals surface area contributed by atoms with Gasteiger partial charge < -0.3 is 20.8 Å². The average molecular weight is 427 g/mol. The van der Waals surface area contributed by atoms with Crippen LogP contribution in [0.1, 0.15) is 64.8 Å². The first-order valence-electron chi connectivity index (χ1n) is 10.4. The van der Waals surface area contributed by atoms with E-state index in [9.17, 15) is 19.8 Å². The molecule has 0 saturated heterocycles. The fourth-order valence-corrected chi connectivity index (χ4v) is 3.35. The summed E-state index contributed by atoms with van der Waals surface area (Å²) in [4.78, 5) is 26.3. The lowest BCUT2D eigenvalue weighted by molar-refractivity contribution is -0.144. The summed E-state index contributed by atoms with van der Waals surface area (Å²) in [6.45, 7) is 9.48. The summed E-state index contributed by atoms with van der Waals surface area (Å²) in [5.74, 6) is -1.05. The molecule has 2 aromatic carbocycles. The average Bonchev–Trinajstić information content (AvgIpc) is 2.69. The molecule has 2 amide bonds. The van der Waals surface area contributed by atoms with Crippen LogP contribution in [-0.2, 0) is 9.59 Å². The molecule has 0 heterocycles. The van der Waals surface area contributed by atoms with Crippen LogP contribution in [0.15, 0.2) is 60.7 Å². The molecule has 0 spiro atoms. The van der Waals surface area contributed by atoms with Crippen LogP contribution in [0, 0.1) is 5.41 Å². The third kappa shape index (κ3) is 6.15. The maximum atomic E-state index is 13.2. The van der Waals surface area contributed by atoms with E-state index < -0.39 is 40.5 Å². The van der Waals surface area contributed by atoms with Crippen molar-refractivity contribution in [2.75, 3.05) is 0 Å². The van der Waals surface area contributed by atoms with Crippen molar-refractivity contribution in [2.24, 2.45) is 5.41 Å². The zero-order chi connectivity index (χ0) is 23.4. The minimum atomic E-state index is -1.45. The fourth-order valence-electron chi connectivity index (χ4n) is 3.35. The molecule has 2 aromatic rings. The Balaban J connectivity index is 2.25. The van der Waals surface area contributed by atoms with E-state index in [1.54, 1.807) is 27.7 Å². The maximum absolute atomic E-state index is 13.2. The Kier molecular flexibility index (Phi) is 7.29. The van der Waals surface area contributed by atoms with Crippen molar-refractivity contribution < 1.29 is 19.8 Å². The number of aliphatic hydroxyl groups is 2. The normalized spacial score (nSPS) is 14.5. The SMILES string of the molecule is CC(C)(C(=O)NC(c1ccccc1)C(C)(C)O)C(=O)NC(c1ccccc1)C(C)(C)O. The van der Waals surface area contributed by atoms with Crippen LogP contribution in [0.4, 0.5) is 0 Å². The fraction of sp³-hybridized carbons (Fsp3) is 0.440. The number of amides is 2. The van der Waals surface area contributed by atoms with Crippen molar-refractivity contribution in [3.63, 3.8) is 0 Å². The van der Waals surface area contributed by atoms with Crippen molar-refractivity contribution in [1.82, 2.24) is 10.6 Å². The van der Waals surface area contributed by atoms with Gasteiger partial charge in [-0.2, -0.15) is 0 Å². The smallest absolute Gasteiger partial charge is 0.235 e. The zero-order valence-corrected chi connectivity index (χ0v) is 19.1. The summed E-state index contributed by atoms with van der Waals surface area (Å²) >= 11 is 0. The maximum Gasteiger partial charge on any atom is 0.235 e. The lowest BCUT2D eigenvalue weighted by Gasteiger charge is -2.36. The zero-order valence-electron chi connectivity index (χ0n) is 19.1. The molecule has 0 fully saturated rings. The third-order valence-electron chi connectivity index (χ3n) is 5.36. The molecule has 0 aromatic heterocycles. The molecule has 0 aliphatic rings. The Hall–Kier alpha value is -2.70. The summed E-state index contributed by atoms with van der Waals surface area (Å²) in [7, 11) is 0. The summed E-state index contributed by atoms with van der Waals surface area (Å²) in [6, 6.07) is 16.9. The molecule has 0 radical (unpaired) electrons. The van der Waals surface area contributed by atoms with Gasteiger partial charge in [0.25, 0.3) is 0 Å². The highest BCUT2D eigenvalue weighted by atomic mass is 16.3. The Labute approximate surface area is 184 Å². The van der Waals surface area contributed by atoms with E-state index in [4.69, 9.17) is 0 Å². The Morgan fingerprint density at radius 2 is 0.935 bits per heavy atom. The molecule has 0 aliphatic heterocycles. The van der Waals surface area contributed by atoms with Crippen LogP contribution >= 0.6 is 0 Å². The molecule has 31 heavy (non-hydrogen) atoms.